The monoisotopic (exact) mass is 822 g/mol. The van der Waals surface area contributed by atoms with E-state index in [2.05, 4.69) is 28.3 Å². The van der Waals surface area contributed by atoms with Crippen molar-refractivity contribution in [2.24, 2.45) is 5.41 Å². The summed E-state index contributed by atoms with van der Waals surface area (Å²) >= 11 is 1.46. The fraction of sp³-hybridized carbons (Fsp3) is 0.561. The number of anilines is 1. The van der Waals surface area contributed by atoms with Gasteiger partial charge in [-0.25, -0.2) is 14.8 Å². The molecule has 2 aliphatic carbocycles. The lowest BCUT2D eigenvalue weighted by Gasteiger charge is -2.36. The Kier molecular flexibility index (Phi) is 12.2. The molecule has 308 valence electrons. The van der Waals surface area contributed by atoms with Gasteiger partial charge in [0.2, 0.25) is 19.2 Å². The molecular formula is C41H55N6O8PS. The fourth-order valence-electron chi connectivity index (χ4n) is 7.57. The third-order valence-electron chi connectivity index (χ3n) is 10.8. The van der Waals surface area contributed by atoms with Gasteiger partial charge in [0.05, 0.1) is 24.9 Å². The molecule has 6 rings (SSSR count). The van der Waals surface area contributed by atoms with Crippen molar-refractivity contribution in [1.82, 2.24) is 25.5 Å². The van der Waals surface area contributed by atoms with E-state index < -0.39 is 59.8 Å². The normalized spacial score (nSPS) is 22.6. The summed E-state index contributed by atoms with van der Waals surface area (Å²) in [5.41, 5.74) is 3.52. The minimum Gasteiger partial charge on any atom is -0.497 e. The van der Waals surface area contributed by atoms with Crippen LogP contribution in [0.4, 0.5) is 9.93 Å². The number of ether oxygens (including phenoxy) is 3. The average Bonchev–Trinajstić information content (AvgIpc) is 3.55. The number of pyridine rings is 1. The maximum Gasteiger partial charge on any atom is 0.408 e. The van der Waals surface area contributed by atoms with Crippen LogP contribution in [-0.4, -0.2) is 92.6 Å². The molecule has 3 aliphatic rings. The molecule has 3 fully saturated rings. The second-order valence-corrected chi connectivity index (χ2v) is 20.8. The van der Waals surface area contributed by atoms with Crippen LogP contribution in [0.3, 0.4) is 0 Å². The zero-order chi connectivity index (χ0) is 41.4. The SMILES string of the molecule is C=C=C1C[C@]1(NC(=O)[C@@H]1C[C@@H](Oc2cc(-c3csc(NC(C)C)n3)nc3cc(OC)ccc23)CN1C(=O)[C@@H](NC(=O)OC1CCCC1)C(C)(C)C)P(=O)(O)C(C)C. The van der Waals surface area contributed by atoms with E-state index >= 15 is 0 Å². The van der Waals surface area contributed by atoms with Crippen molar-refractivity contribution < 1.29 is 38.1 Å². The molecule has 16 heteroatoms. The van der Waals surface area contributed by atoms with E-state index in [0.29, 0.717) is 39.4 Å². The number of nitrogens with zero attached hydrogens (tertiary/aromatic N) is 3. The molecule has 0 bridgehead atoms. The van der Waals surface area contributed by atoms with E-state index in [1.54, 1.807) is 39.2 Å². The van der Waals surface area contributed by atoms with Crippen molar-refractivity contribution in [2.45, 2.75) is 128 Å². The summed E-state index contributed by atoms with van der Waals surface area (Å²) in [7, 11) is -2.42. The summed E-state index contributed by atoms with van der Waals surface area (Å²) in [4.78, 5) is 64.7. The maximum atomic E-state index is 14.7. The van der Waals surface area contributed by atoms with Gasteiger partial charge in [-0.15, -0.1) is 17.1 Å². The number of hydrogen-bond acceptors (Lipinski definition) is 11. The second kappa shape index (κ2) is 16.4. The minimum absolute atomic E-state index is 0.0184. The van der Waals surface area contributed by atoms with Crippen LogP contribution >= 0.6 is 18.7 Å². The first-order chi connectivity index (χ1) is 26.9. The molecule has 0 radical (unpaired) electrons. The number of carbonyl (C=O) groups is 3. The van der Waals surface area contributed by atoms with Gasteiger partial charge in [0, 0.05) is 53.0 Å². The molecule has 0 spiro atoms. The Morgan fingerprint density at radius 1 is 1.09 bits per heavy atom. The number of likely N-dealkylation sites (tertiary alicyclic amines) is 1. The lowest BCUT2D eigenvalue weighted by molar-refractivity contribution is -0.142. The smallest absolute Gasteiger partial charge is 0.408 e. The van der Waals surface area contributed by atoms with Crippen LogP contribution in [0, 0.1) is 5.41 Å². The summed E-state index contributed by atoms with van der Waals surface area (Å²) in [5.74, 6) is -0.0587. The number of alkyl carbamates (subject to hydrolysis) is 1. The van der Waals surface area contributed by atoms with Gasteiger partial charge < -0.3 is 40.0 Å². The highest BCUT2D eigenvalue weighted by molar-refractivity contribution is 7.61. The lowest BCUT2D eigenvalue weighted by atomic mass is 9.85. The number of amides is 3. The quantitative estimate of drug-likeness (QED) is 0.101. The first-order valence-corrected chi connectivity index (χ1v) is 22.2. The molecule has 2 aromatic heterocycles. The van der Waals surface area contributed by atoms with Gasteiger partial charge in [-0.3, -0.25) is 14.2 Å². The van der Waals surface area contributed by atoms with Crippen molar-refractivity contribution in [2.75, 3.05) is 19.0 Å². The summed E-state index contributed by atoms with van der Waals surface area (Å²) in [6.07, 6.45) is 2.01. The lowest BCUT2D eigenvalue weighted by Crippen LogP contribution is -2.58. The van der Waals surface area contributed by atoms with Crippen LogP contribution in [0.25, 0.3) is 22.3 Å². The Labute approximate surface area is 338 Å². The molecule has 1 saturated heterocycles. The van der Waals surface area contributed by atoms with E-state index in [9.17, 15) is 23.8 Å². The third-order valence-corrected chi connectivity index (χ3v) is 14.7. The standard InChI is InChI=1S/C41H55N6O8PS/c1-10-25-20-41(25,56(51,52)24(4)5)46-36(48)33-18-28(21-47(33)37(49)35(40(6,7)8)45-39(50)55-26-13-11-12-14-26)54-34-19-31(32-22-57-38(44-32)42-23(2)3)43-30-17-27(53-9)15-16-29(30)34/h15-17,19,22-24,26,28,33,35H,1,11-14,18,20-21H2,2-9H3,(H,42,44)(H,45,50)(H,46,48)(H,51,52)/t28-,33+,35-,41+/m1/s1. The van der Waals surface area contributed by atoms with Crippen LogP contribution in [0.1, 0.15) is 87.0 Å². The number of benzene rings is 1. The van der Waals surface area contributed by atoms with Gasteiger partial charge in [-0.2, -0.15) is 0 Å². The van der Waals surface area contributed by atoms with Crippen LogP contribution in [0.2, 0.25) is 0 Å². The number of aromatic nitrogens is 2. The molecule has 4 N–H and O–H groups in total. The van der Waals surface area contributed by atoms with Crippen LogP contribution < -0.4 is 25.4 Å². The van der Waals surface area contributed by atoms with E-state index in [4.69, 9.17) is 24.2 Å². The topological polar surface area (TPSA) is 181 Å². The minimum atomic E-state index is -4.00. The largest absolute Gasteiger partial charge is 0.497 e. The summed E-state index contributed by atoms with van der Waals surface area (Å²) in [5, 5.41) is 10.8. The molecule has 3 amide bonds. The van der Waals surface area contributed by atoms with Crippen molar-refractivity contribution >= 4 is 52.6 Å². The van der Waals surface area contributed by atoms with E-state index in [1.165, 1.54) is 16.2 Å². The number of hydrogen-bond donors (Lipinski definition) is 4. The molecule has 2 saturated carbocycles. The molecule has 3 heterocycles. The second-order valence-electron chi connectivity index (χ2n) is 16.9. The zero-order valence-corrected chi connectivity index (χ0v) is 35.7. The van der Waals surface area contributed by atoms with Crippen molar-refractivity contribution in [3.63, 3.8) is 0 Å². The van der Waals surface area contributed by atoms with Crippen LogP contribution in [0.5, 0.6) is 11.5 Å². The molecule has 1 unspecified atom stereocenters. The van der Waals surface area contributed by atoms with Gasteiger partial charge in [-0.05, 0) is 57.1 Å². The van der Waals surface area contributed by atoms with Crippen molar-refractivity contribution in [1.29, 1.82) is 0 Å². The number of thiazole rings is 1. The Morgan fingerprint density at radius 2 is 1.81 bits per heavy atom. The number of fused-ring (bicyclic) bond motifs is 1. The highest BCUT2D eigenvalue weighted by Crippen LogP contribution is 2.70. The highest BCUT2D eigenvalue weighted by atomic mass is 32.1. The van der Waals surface area contributed by atoms with Crippen LogP contribution in [-0.2, 0) is 18.9 Å². The van der Waals surface area contributed by atoms with Gasteiger partial charge >= 0.3 is 6.09 Å². The van der Waals surface area contributed by atoms with E-state index in [0.717, 1.165) is 30.8 Å². The van der Waals surface area contributed by atoms with Gasteiger partial charge in [0.25, 0.3) is 0 Å². The summed E-state index contributed by atoms with van der Waals surface area (Å²) < 4.78 is 31.7. The summed E-state index contributed by atoms with van der Waals surface area (Å²) in [6.45, 7) is 16.5. The predicted octanol–water partition coefficient (Wildman–Crippen LogP) is 7.23. The van der Waals surface area contributed by atoms with E-state index in [1.807, 2.05) is 46.1 Å². The third kappa shape index (κ3) is 8.87. The number of rotatable bonds is 13. The molecular weight excluding hydrogens is 768 g/mol. The van der Waals surface area contributed by atoms with Crippen molar-refractivity contribution in [3.05, 3.63) is 47.5 Å². The summed E-state index contributed by atoms with van der Waals surface area (Å²) in [6, 6.07) is 5.24. The molecule has 1 aliphatic heterocycles. The first-order valence-electron chi connectivity index (χ1n) is 19.6. The Balaban J connectivity index is 1.35. The van der Waals surface area contributed by atoms with Crippen molar-refractivity contribution in [3.8, 4) is 22.9 Å². The van der Waals surface area contributed by atoms with E-state index in [-0.39, 0.29) is 31.5 Å². The Bertz CT molecular complexity index is 2120. The molecule has 57 heavy (non-hydrogen) atoms. The number of carbonyl (C=O) groups excluding carboxylic acids is 3. The van der Waals surface area contributed by atoms with Gasteiger partial charge in [0.15, 0.2) is 10.4 Å². The highest BCUT2D eigenvalue weighted by Gasteiger charge is 2.65. The average molecular weight is 823 g/mol. The number of nitrogens with one attached hydrogen (secondary N) is 3. The zero-order valence-electron chi connectivity index (χ0n) is 34.0. The first kappa shape index (κ1) is 42.2. The maximum absolute atomic E-state index is 14.7. The molecule has 14 nitrogen and oxygen atoms in total. The van der Waals surface area contributed by atoms with Crippen LogP contribution in [0.15, 0.2) is 47.5 Å². The molecule has 3 aromatic rings. The Morgan fingerprint density at radius 3 is 2.42 bits per heavy atom. The Hall–Kier alpha value is -4.42. The molecule has 5 atom stereocenters. The number of methoxy groups -OCH3 is 1. The fourth-order valence-corrected chi connectivity index (χ4v) is 10.4. The molecule has 1 aromatic carbocycles. The van der Waals surface area contributed by atoms with Gasteiger partial charge in [0.1, 0.15) is 41.5 Å². The van der Waals surface area contributed by atoms with Gasteiger partial charge in [-0.1, -0.05) is 41.2 Å². The predicted molar refractivity (Wildman–Crippen MR) is 221 cm³/mol.